The van der Waals surface area contributed by atoms with E-state index >= 15 is 0 Å². The summed E-state index contributed by atoms with van der Waals surface area (Å²) in [6.07, 6.45) is 1.47. The van der Waals surface area contributed by atoms with E-state index < -0.39 is 5.91 Å². The lowest BCUT2D eigenvalue weighted by molar-refractivity contribution is -0.119. The molecule has 0 saturated carbocycles. The highest BCUT2D eigenvalue weighted by molar-refractivity contribution is 9.10. The molecule has 0 spiro atoms. The third-order valence-corrected chi connectivity index (χ3v) is 6.33. The van der Waals surface area contributed by atoms with Crippen molar-refractivity contribution in [1.82, 2.24) is 9.66 Å². The Hall–Kier alpha value is -2.43. The van der Waals surface area contributed by atoms with Gasteiger partial charge in [0.2, 0.25) is 0 Å². The number of benzene rings is 2. The van der Waals surface area contributed by atoms with E-state index in [1.165, 1.54) is 18.0 Å². The third kappa shape index (κ3) is 4.97. The van der Waals surface area contributed by atoms with Crippen molar-refractivity contribution in [2.24, 2.45) is 10.8 Å². The van der Waals surface area contributed by atoms with Crippen molar-refractivity contribution >= 4 is 66.5 Å². The van der Waals surface area contributed by atoms with Gasteiger partial charge in [-0.1, -0.05) is 41.4 Å². The lowest BCUT2D eigenvalue weighted by Crippen LogP contribution is -2.23. The molecule has 11 heteroatoms. The summed E-state index contributed by atoms with van der Waals surface area (Å²) in [6, 6.07) is 6.94. The summed E-state index contributed by atoms with van der Waals surface area (Å²) in [5.41, 5.74) is 5.96. The number of methoxy groups -OCH3 is 1. The van der Waals surface area contributed by atoms with Crippen molar-refractivity contribution in [2.75, 3.05) is 13.7 Å². The van der Waals surface area contributed by atoms with Crippen LogP contribution in [0.5, 0.6) is 11.5 Å². The van der Waals surface area contributed by atoms with Gasteiger partial charge in [-0.05, 0) is 40.2 Å². The highest BCUT2D eigenvalue weighted by atomic mass is 79.9. The molecule has 0 radical (unpaired) electrons. The van der Waals surface area contributed by atoms with E-state index in [4.69, 9.17) is 26.8 Å². The Labute approximate surface area is 205 Å². The number of aromatic nitrogens is 2. The molecule has 3 aromatic rings. The molecule has 168 valence electrons. The quantitative estimate of drug-likeness (QED) is 0.412. The van der Waals surface area contributed by atoms with Crippen molar-refractivity contribution in [1.29, 1.82) is 0 Å². The van der Waals surface area contributed by atoms with Gasteiger partial charge in [-0.15, -0.1) is 0 Å². The van der Waals surface area contributed by atoms with Crippen LogP contribution in [0, 0.1) is 0 Å². The maximum atomic E-state index is 13.2. The molecule has 2 N–H and O–H groups in total. The predicted octanol–water partition coefficient (Wildman–Crippen LogP) is 4.45. The number of rotatable bonds is 7. The second-order valence-corrected chi connectivity index (χ2v) is 9.11. The van der Waals surface area contributed by atoms with Crippen LogP contribution >= 0.6 is 43.5 Å². The summed E-state index contributed by atoms with van der Waals surface area (Å²) < 4.78 is 13.2. The molecule has 0 aliphatic rings. The Kier molecular flexibility index (Phi) is 7.58. The molecule has 0 aliphatic carbocycles. The number of fused-ring (bicyclic) bond motifs is 1. The fourth-order valence-electron chi connectivity index (χ4n) is 2.90. The van der Waals surface area contributed by atoms with Crippen molar-refractivity contribution in [2.45, 2.75) is 19.8 Å². The van der Waals surface area contributed by atoms with Crippen molar-refractivity contribution in [3.8, 4) is 11.5 Å². The van der Waals surface area contributed by atoms with Crippen LogP contribution in [0.25, 0.3) is 10.9 Å². The number of carbonyl (C=O) groups is 1. The fourth-order valence-corrected chi connectivity index (χ4v) is 3.91. The van der Waals surface area contributed by atoms with Gasteiger partial charge in [-0.2, -0.15) is 9.78 Å². The monoisotopic (exact) mass is 584 g/mol. The number of hydrogen-bond acceptors (Lipinski definition) is 6. The molecular weight excluding hydrogens is 568 g/mol. The van der Waals surface area contributed by atoms with E-state index in [9.17, 15) is 9.59 Å². The first-order valence-corrected chi connectivity index (χ1v) is 11.3. The molecule has 3 rings (SSSR count). The summed E-state index contributed by atoms with van der Waals surface area (Å²) in [5.74, 6) is 0.240. The van der Waals surface area contributed by atoms with E-state index in [0.29, 0.717) is 26.8 Å². The average molecular weight is 587 g/mol. The van der Waals surface area contributed by atoms with Gasteiger partial charge in [-0.25, -0.2) is 4.98 Å². The van der Waals surface area contributed by atoms with Crippen molar-refractivity contribution in [3.63, 3.8) is 0 Å². The summed E-state index contributed by atoms with van der Waals surface area (Å²) in [7, 11) is 1.43. The van der Waals surface area contributed by atoms with Gasteiger partial charge in [0.25, 0.3) is 11.5 Å². The molecule has 0 aliphatic heterocycles. The summed E-state index contributed by atoms with van der Waals surface area (Å²) >= 11 is 13.2. The zero-order valence-electron chi connectivity index (χ0n) is 17.4. The topological polar surface area (TPSA) is 109 Å². The van der Waals surface area contributed by atoms with Crippen LogP contribution in [0.4, 0.5) is 0 Å². The smallest absolute Gasteiger partial charge is 0.282 e. The molecule has 2 aromatic carbocycles. The Morgan fingerprint density at radius 3 is 2.69 bits per heavy atom. The molecule has 0 unspecified atom stereocenters. The summed E-state index contributed by atoms with van der Waals surface area (Å²) in [5, 5.41) is 5.01. The van der Waals surface area contributed by atoms with E-state index in [0.717, 1.165) is 4.47 Å². The second kappa shape index (κ2) is 10.0. The Balaban J connectivity index is 2.14. The minimum Gasteiger partial charge on any atom is -0.493 e. The molecule has 1 heterocycles. The second-order valence-electron chi connectivity index (χ2n) is 7.03. The first-order valence-electron chi connectivity index (χ1n) is 9.37. The lowest BCUT2D eigenvalue weighted by atomic mass is 10.2. The van der Waals surface area contributed by atoms with Gasteiger partial charge in [0.05, 0.1) is 24.2 Å². The van der Waals surface area contributed by atoms with E-state index in [1.807, 2.05) is 19.9 Å². The first-order chi connectivity index (χ1) is 15.1. The molecule has 8 nitrogen and oxygen atoms in total. The van der Waals surface area contributed by atoms with Crippen molar-refractivity contribution in [3.05, 3.63) is 60.0 Å². The van der Waals surface area contributed by atoms with Gasteiger partial charge >= 0.3 is 0 Å². The van der Waals surface area contributed by atoms with Gasteiger partial charge in [0.15, 0.2) is 18.1 Å². The zero-order chi connectivity index (χ0) is 23.6. The average Bonchev–Trinajstić information content (AvgIpc) is 2.74. The maximum absolute atomic E-state index is 13.2. The molecule has 0 bridgehead atoms. The van der Waals surface area contributed by atoms with Crippen LogP contribution < -0.4 is 20.8 Å². The molecule has 0 saturated heterocycles. The van der Waals surface area contributed by atoms with E-state index in [-0.39, 0.29) is 34.6 Å². The Morgan fingerprint density at radius 1 is 1.34 bits per heavy atom. The van der Waals surface area contributed by atoms with Gasteiger partial charge in [0, 0.05) is 20.4 Å². The first kappa shape index (κ1) is 24.2. The largest absolute Gasteiger partial charge is 0.493 e. The van der Waals surface area contributed by atoms with Crippen molar-refractivity contribution < 1.29 is 14.3 Å². The minimum atomic E-state index is -0.652. The Morgan fingerprint density at radius 2 is 2.06 bits per heavy atom. The van der Waals surface area contributed by atoms with Gasteiger partial charge in [-0.3, -0.25) is 9.59 Å². The number of carbonyl (C=O) groups excluding carboxylic acids is 1. The van der Waals surface area contributed by atoms with Crippen LogP contribution in [-0.2, 0) is 4.79 Å². The molecule has 32 heavy (non-hydrogen) atoms. The molecule has 1 aromatic heterocycles. The molecule has 1 amide bonds. The number of amides is 1. The molecular formula is C21H19Br2ClN4O4. The fraction of sp³-hybridized carbons (Fsp3) is 0.238. The predicted molar refractivity (Wildman–Crippen MR) is 131 cm³/mol. The number of nitrogens with two attached hydrogens (primary N) is 1. The zero-order valence-corrected chi connectivity index (χ0v) is 21.3. The van der Waals surface area contributed by atoms with Gasteiger partial charge < -0.3 is 15.2 Å². The van der Waals surface area contributed by atoms with Crippen LogP contribution in [0.2, 0.25) is 5.02 Å². The number of hydrogen-bond donors (Lipinski definition) is 1. The van der Waals surface area contributed by atoms with Crippen LogP contribution in [0.1, 0.15) is 31.2 Å². The summed E-state index contributed by atoms with van der Waals surface area (Å²) in [6.45, 7) is 3.50. The van der Waals surface area contributed by atoms with Crippen LogP contribution in [0.15, 0.2) is 43.1 Å². The lowest BCUT2D eigenvalue weighted by Gasteiger charge is -2.15. The minimum absolute atomic E-state index is 0.0564. The highest BCUT2D eigenvalue weighted by Gasteiger charge is 2.18. The number of primary amides is 1. The van der Waals surface area contributed by atoms with Crippen LogP contribution in [0.3, 0.4) is 0 Å². The normalized spacial score (nSPS) is 11.5. The van der Waals surface area contributed by atoms with E-state index in [1.54, 1.807) is 18.2 Å². The molecule has 0 atom stereocenters. The van der Waals surface area contributed by atoms with Gasteiger partial charge in [0.1, 0.15) is 10.8 Å². The number of halogens is 3. The summed E-state index contributed by atoms with van der Waals surface area (Å²) in [4.78, 5) is 28.9. The Bertz CT molecular complexity index is 1290. The molecule has 0 fully saturated rings. The standard InChI is InChI=1S/C21H19Br2ClN4O4/c1-10(2)20-27-14-5-4-12(22)7-13(14)21(30)28(20)26-8-11-6-15(31-3)19(18(24)17(11)23)32-9-16(25)29/h4-8,10H,9H2,1-3H3,(H2,25,29). The van der Waals surface area contributed by atoms with E-state index in [2.05, 4.69) is 41.9 Å². The maximum Gasteiger partial charge on any atom is 0.282 e. The highest BCUT2D eigenvalue weighted by Crippen LogP contribution is 2.42. The number of nitrogens with zero attached hydrogens (tertiary/aromatic N) is 3. The third-order valence-electron chi connectivity index (χ3n) is 4.40. The van der Waals surface area contributed by atoms with Crippen LogP contribution in [-0.4, -0.2) is 35.5 Å². The SMILES string of the molecule is COc1cc(C=Nn2c(C(C)C)nc3ccc(Br)cc3c2=O)c(Br)c(Cl)c1OCC(N)=O. The number of ether oxygens (including phenoxy) is 2.